The molecule has 2 aromatic carbocycles. The summed E-state index contributed by atoms with van der Waals surface area (Å²) in [7, 11) is 1.58. The highest BCUT2D eigenvalue weighted by Crippen LogP contribution is 2.30. The van der Waals surface area contributed by atoms with Crippen LogP contribution < -0.4 is 15.6 Å². The summed E-state index contributed by atoms with van der Waals surface area (Å²) < 4.78 is 11.9. The van der Waals surface area contributed by atoms with Crippen molar-refractivity contribution in [3.8, 4) is 17.0 Å². The second kappa shape index (κ2) is 8.66. The third-order valence-electron chi connectivity index (χ3n) is 5.33. The molecule has 8 nitrogen and oxygen atoms in total. The number of ether oxygens (including phenoxy) is 1. The van der Waals surface area contributed by atoms with Crippen molar-refractivity contribution in [3.63, 3.8) is 0 Å². The zero-order chi connectivity index (χ0) is 22.8. The van der Waals surface area contributed by atoms with E-state index in [1.165, 1.54) is 4.68 Å². The minimum atomic E-state index is -0.825. The molecule has 0 saturated heterocycles. The molecule has 0 spiro atoms. The van der Waals surface area contributed by atoms with Gasteiger partial charge in [0.15, 0.2) is 5.52 Å². The van der Waals surface area contributed by atoms with E-state index in [0.717, 1.165) is 11.1 Å². The Morgan fingerprint density at radius 1 is 1.19 bits per heavy atom. The van der Waals surface area contributed by atoms with Gasteiger partial charge in [0.2, 0.25) is 5.91 Å². The van der Waals surface area contributed by atoms with E-state index in [1.807, 2.05) is 56.3 Å². The van der Waals surface area contributed by atoms with Crippen LogP contribution in [0.3, 0.4) is 0 Å². The molecule has 0 unspecified atom stereocenters. The van der Waals surface area contributed by atoms with Gasteiger partial charge in [-0.3, -0.25) is 9.59 Å². The summed E-state index contributed by atoms with van der Waals surface area (Å²) in [5, 5.41) is 12.0. The molecule has 0 aliphatic rings. The van der Waals surface area contributed by atoms with E-state index in [0.29, 0.717) is 34.7 Å². The maximum Gasteiger partial charge on any atom is 0.297 e. The van der Waals surface area contributed by atoms with E-state index in [1.54, 1.807) is 20.1 Å². The quantitative estimate of drug-likeness (QED) is 0.489. The number of amides is 1. The molecule has 0 aliphatic carbocycles. The van der Waals surface area contributed by atoms with Crippen molar-refractivity contribution in [1.29, 1.82) is 0 Å². The van der Waals surface area contributed by atoms with Crippen LogP contribution in [0, 0.1) is 13.8 Å². The molecular formula is C24H24N4O4. The van der Waals surface area contributed by atoms with Crippen LogP contribution in [0.15, 0.2) is 57.8 Å². The molecule has 0 aliphatic heterocycles. The molecule has 8 heteroatoms. The zero-order valence-corrected chi connectivity index (χ0v) is 18.4. The summed E-state index contributed by atoms with van der Waals surface area (Å²) in [6, 6.07) is 14.0. The Hall–Kier alpha value is -3.94. The lowest BCUT2D eigenvalue weighted by Crippen LogP contribution is -2.35. The predicted octanol–water partition coefficient (Wildman–Crippen LogP) is 4.27. The molecule has 4 aromatic rings. The van der Waals surface area contributed by atoms with E-state index in [4.69, 9.17) is 9.26 Å². The van der Waals surface area contributed by atoms with Gasteiger partial charge in [0.05, 0.1) is 12.5 Å². The van der Waals surface area contributed by atoms with Gasteiger partial charge in [0.25, 0.3) is 5.56 Å². The van der Waals surface area contributed by atoms with Crippen LogP contribution in [0.5, 0.6) is 5.75 Å². The SMILES string of the molecule is CC[C@H](C(=O)Nc1cccc(C)c1)n1nc(-c2cccc(OC)c2)c2c(C)onc2c1=O. The first kappa shape index (κ1) is 21.3. The molecule has 164 valence electrons. The van der Waals surface area contributed by atoms with Crippen molar-refractivity contribution < 1.29 is 14.1 Å². The van der Waals surface area contributed by atoms with Gasteiger partial charge in [-0.25, -0.2) is 4.68 Å². The third-order valence-corrected chi connectivity index (χ3v) is 5.33. The number of carbonyl (C=O) groups excluding carboxylic acids is 1. The largest absolute Gasteiger partial charge is 0.497 e. The third kappa shape index (κ3) is 3.87. The Labute approximate surface area is 184 Å². The van der Waals surface area contributed by atoms with Crippen LogP contribution in [-0.2, 0) is 4.79 Å². The van der Waals surface area contributed by atoms with Crippen LogP contribution in [0.4, 0.5) is 5.69 Å². The minimum absolute atomic E-state index is 0.136. The van der Waals surface area contributed by atoms with Crippen LogP contribution in [0.25, 0.3) is 22.2 Å². The number of aryl methyl sites for hydroxylation is 2. The average molecular weight is 432 g/mol. The molecule has 1 atom stereocenters. The maximum absolute atomic E-state index is 13.2. The number of carbonyl (C=O) groups is 1. The summed E-state index contributed by atoms with van der Waals surface area (Å²) in [4.78, 5) is 26.4. The Kier molecular flexibility index (Phi) is 5.77. The number of methoxy groups -OCH3 is 1. The van der Waals surface area contributed by atoms with Crippen LogP contribution in [-0.4, -0.2) is 28.0 Å². The standard InChI is InChI=1S/C24H24N4O4/c1-5-19(23(29)25-17-10-6-8-14(2)12-17)28-24(30)22-20(15(3)32-27-22)21(26-28)16-9-7-11-18(13-16)31-4/h6-13,19H,5H2,1-4H3,(H,25,29)/t19-/m1/s1. The smallest absolute Gasteiger partial charge is 0.297 e. The monoisotopic (exact) mass is 432 g/mol. The Morgan fingerprint density at radius 3 is 2.69 bits per heavy atom. The van der Waals surface area contributed by atoms with Crippen molar-refractivity contribution in [1.82, 2.24) is 14.9 Å². The molecule has 4 rings (SSSR count). The number of benzene rings is 2. The highest BCUT2D eigenvalue weighted by Gasteiger charge is 2.26. The van der Waals surface area contributed by atoms with Gasteiger partial charge in [-0.1, -0.05) is 36.3 Å². The normalized spacial score (nSPS) is 12.0. The van der Waals surface area contributed by atoms with E-state index in [-0.39, 0.29) is 11.4 Å². The van der Waals surface area contributed by atoms with Crippen molar-refractivity contribution in [3.05, 3.63) is 70.2 Å². The summed E-state index contributed by atoms with van der Waals surface area (Å²) in [5.74, 6) is 0.796. The first-order valence-electron chi connectivity index (χ1n) is 10.3. The highest BCUT2D eigenvalue weighted by molar-refractivity contribution is 5.95. The lowest BCUT2D eigenvalue weighted by atomic mass is 10.1. The summed E-state index contributed by atoms with van der Waals surface area (Å²) in [6.45, 7) is 5.50. The fraction of sp³-hybridized carbons (Fsp3) is 0.250. The first-order valence-corrected chi connectivity index (χ1v) is 10.3. The van der Waals surface area contributed by atoms with Gasteiger partial charge in [-0.15, -0.1) is 0 Å². The molecule has 0 radical (unpaired) electrons. The van der Waals surface area contributed by atoms with E-state index in [9.17, 15) is 9.59 Å². The van der Waals surface area contributed by atoms with Gasteiger partial charge in [-0.05, 0) is 50.1 Å². The Morgan fingerprint density at radius 2 is 1.97 bits per heavy atom. The van der Waals surface area contributed by atoms with Crippen LogP contribution in [0.1, 0.15) is 30.7 Å². The van der Waals surface area contributed by atoms with Crippen LogP contribution >= 0.6 is 0 Å². The number of fused-ring (bicyclic) bond motifs is 1. The fourth-order valence-electron chi connectivity index (χ4n) is 3.71. The van der Waals surface area contributed by atoms with Crippen molar-refractivity contribution in [2.24, 2.45) is 0 Å². The Bertz CT molecular complexity index is 1360. The number of anilines is 1. The minimum Gasteiger partial charge on any atom is -0.497 e. The van der Waals surface area contributed by atoms with E-state index >= 15 is 0 Å². The molecule has 2 heterocycles. The molecular weight excluding hydrogens is 408 g/mol. The lowest BCUT2D eigenvalue weighted by molar-refractivity contribution is -0.119. The van der Waals surface area contributed by atoms with Gasteiger partial charge < -0.3 is 14.6 Å². The predicted molar refractivity (Wildman–Crippen MR) is 122 cm³/mol. The number of rotatable bonds is 6. The Balaban J connectivity index is 1.85. The molecule has 1 amide bonds. The molecule has 0 fully saturated rings. The number of hydrogen-bond acceptors (Lipinski definition) is 6. The van der Waals surface area contributed by atoms with E-state index in [2.05, 4.69) is 15.6 Å². The molecule has 0 saturated carbocycles. The molecule has 32 heavy (non-hydrogen) atoms. The first-order chi connectivity index (χ1) is 15.4. The average Bonchev–Trinajstić information content (AvgIpc) is 3.18. The van der Waals surface area contributed by atoms with Gasteiger partial charge in [0, 0.05) is 11.3 Å². The summed E-state index contributed by atoms with van der Waals surface area (Å²) in [5.41, 5.74) is 2.56. The number of nitrogens with zero attached hydrogens (tertiary/aromatic N) is 3. The van der Waals surface area contributed by atoms with Gasteiger partial charge >= 0.3 is 0 Å². The van der Waals surface area contributed by atoms with Crippen molar-refractivity contribution in [2.75, 3.05) is 12.4 Å². The topological polar surface area (TPSA) is 99.2 Å². The molecule has 1 N–H and O–H groups in total. The molecule has 2 aromatic heterocycles. The van der Waals surface area contributed by atoms with Crippen LogP contribution in [0.2, 0.25) is 0 Å². The highest BCUT2D eigenvalue weighted by atomic mass is 16.5. The summed E-state index contributed by atoms with van der Waals surface area (Å²) in [6.07, 6.45) is 0.366. The van der Waals surface area contributed by atoms with Gasteiger partial charge in [0.1, 0.15) is 23.2 Å². The van der Waals surface area contributed by atoms with Crippen molar-refractivity contribution in [2.45, 2.75) is 33.2 Å². The lowest BCUT2D eigenvalue weighted by Gasteiger charge is -2.18. The summed E-state index contributed by atoms with van der Waals surface area (Å²) >= 11 is 0. The second-order valence-electron chi connectivity index (χ2n) is 7.58. The fourth-order valence-corrected chi connectivity index (χ4v) is 3.71. The number of aromatic nitrogens is 3. The van der Waals surface area contributed by atoms with Gasteiger partial charge in [-0.2, -0.15) is 5.10 Å². The number of nitrogens with one attached hydrogen (secondary N) is 1. The van der Waals surface area contributed by atoms with E-state index < -0.39 is 11.6 Å². The zero-order valence-electron chi connectivity index (χ0n) is 18.4. The maximum atomic E-state index is 13.2. The molecule has 0 bridgehead atoms. The second-order valence-corrected chi connectivity index (χ2v) is 7.58. The number of hydrogen-bond donors (Lipinski definition) is 1. The van der Waals surface area contributed by atoms with Crippen molar-refractivity contribution >= 4 is 22.5 Å².